The van der Waals surface area contributed by atoms with Gasteiger partial charge in [-0.1, -0.05) is 19.9 Å². The lowest BCUT2D eigenvalue weighted by Gasteiger charge is -2.07. The Bertz CT molecular complexity index is 1040. The van der Waals surface area contributed by atoms with Crippen LogP contribution in [0.25, 0.3) is 5.69 Å². The van der Waals surface area contributed by atoms with Gasteiger partial charge in [0.25, 0.3) is 5.91 Å². The van der Waals surface area contributed by atoms with E-state index in [1.807, 2.05) is 45.9 Å². The molecule has 0 aliphatic rings. The van der Waals surface area contributed by atoms with E-state index in [-0.39, 0.29) is 17.5 Å². The molecule has 8 heteroatoms. The molecule has 1 aromatic carbocycles. The molecule has 0 spiro atoms. The maximum atomic E-state index is 12.7. The number of nitrogens with zero attached hydrogens (tertiary/aromatic N) is 3. The van der Waals surface area contributed by atoms with E-state index in [2.05, 4.69) is 15.4 Å². The first kappa shape index (κ1) is 19.8. The van der Waals surface area contributed by atoms with Crippen molar-refractivity contribution in [2.75, 3.05) is 12.4 Å². The zero-order valence-corrected chi connectivity index (χ0v) is 17.3. The Morgan fingerprint density at radius 2 is 1.96 bits per heavy atom. The minimum absolute atomic E-state index is 0.0895. The van der Waals surface area contributed by atoms with Crippen molar-refractivity contribution in [1.82, 2.24) is 14.8 Å². The fourth-order valence-corrected chi connectivity index (χ4v) is 3.81. The fourth-order valence-electron chi connectivity index (χ4n) is 2.86. The van der Waals surface area contributed by atoms with Crippen LogP contribution in [-0.2, 0) is 4.74 Å². The predicted octanol–water partition coefficient (Wildman–Crippen LogP) is 4.11. The second-order valence-corrected chi connectivity index (χ2v) is 7.75. The smallest absolute Gasteiger partial charge is 0.357 e. The maximum Gasteiger partial charge on any atom is 0.357 e. The van der Waals surface area contributed by atoms with Gasteiger partial charge in [-0.2, -0.15) is 5.10 Å². The highest BCUT2D eigenvalue weighted by molar-refractivity contribution is 7.16. The molecular weight excluding hydrogens is 376 g/mol. The van der Waals surface area contributed by atoms with Gasteiger partial charge in [-0.15, -0.1) is 11.3 Å². The molecule has 2 heterocycles. The minimum Gasteiger partial charge on any atom is -0.464 e. The summed E-state index contributed by atoms with van der Waals surface area (Å²) in [6.07, 6.45) is 0. The number of hydrogen-bond acceptors (Lipinski definition) is 6. The number of ether oxygens (including phenoxy) is 1. The number of amides is 1. The van der Waals surface area contributed by atoms with Gasteiger partial charge in [0.05, 0.1) is 18.5 Å². The molecule has 0 radical (unpaired) electrons. The average molecular weight is 398 g/mol. The molecule has 3 aromatic rings. The first-order valence-electron chi connectivity index (χ1n) is 8.84. The largest absolute Gasteiger partial charge is 0.464 e. The van der Waals surface area contributed by atoms with Crippen LogP contribution in [-0.4, -0.2) is 33.8 Å². The Morgan fingerprint density at radius 1 is 1.21 bits per heavy atom. The van der Waals surface area contributed by atoms with Crippen LogP contribution in [0.5, 0.6) is 0 Å². The fraction of sp³-hybridized carbons (Fsp3) is 0.300. The third-order valence-electron chi connectivity index (χ3n) is 4.14. The van der Waals surface area contributed by atoms with E-state index in [1.54, 1.807) is 16.8 Å². The van der Waals surface area contributed by atoms with E-state index >= 15 is 0 Å². The number of aryl methyl sites for hydroxylation is 2. The molecule has 0 fully saturated rings. The van der Waals surface area contributed by atoms with Crippen molar-refractivity contribution in [3.8, 4) is 5.69 Å². The third-order valence-corrected chi connectivity index (χ3v) is 5.41. The van der Waals surface area contributed by atoms with E-state index in [4.69, 9.17) is 4.74 Å². The summed E-state index contributed by atoms with van der Waals surface area (Å²) in [7, 11) is 1.31. The Kier molecular flexibility index (Phi) is 5.60. The van der Waals surface area contributed by atoms with E-state index in [9.17, 15) is 9.59 Å². The number of methoxy groups -OCH3 is 1. The van der Waals surface area contributed by atoms with Gasteiger partial charge in [-0.3, -0.25) is 10.1 Å². The molecule has 28 heavy (non-hydrogen) atoms. The molecule has 0 aliphatic heterocycles. The van der Waals surface area contributed by atoms with E-state index in [0.29, 0.717) is 10.7 Å². The van der Waals surface area contributed by atoms with Crippen molar-refractivity contribution in [1.29, 1.82) is 0 Å². The molecule has 0 bridgehead atoms. The number of carbonyl (C=O) groups excluding carboxylic acids is 2. The molecule has 2 aromatic heterocycles. The lowest BCUT2D eigenvalue weighted by Crippen LogP contribution is -2.13. The number of anilines is 1. The topological polar surface area (TPSA) is 86.1 Å². The molecule has 1 amide bonds. The number of carbonyl (C=O) groups is 2. The zero-order chi connectivity index (χ0) is 20.4. The summed E-state index contributed by atoms with van der Waals surface area (Å²) in [6, 6.07) is 9.17. The minimum atomic E-state index is -0.507. The lowest BCUT2D eigenvalue weighted by atomic mass is 10.1. The van der Waals surface area contributed by atoms with E-state index in [0.717, 1.165) is 22.0 Å². The van der Waals surface area contributed by atoms with Gasteiger partial charge in [0.2, 0.25) is 0 Å². The maximum absolute atomic E-state index is 12.7. The summed E-state index contributed by atoms with van der Waals surface area (Å²) in [5.74, 6) is -0.720. The molecule has 0 aliphatic carbocycles. The van der Waals surface area contributed by atoms with Crippen molar-refractivity contribution in [3.63, 3.8) is 0 Å². The summed E-state index contributed by atoms with van der Waals surface area (Å²) in [4.78, 5) is 29.7. The summed E-state index contributed by atoms with van der Waals surface area (Å²) < 4.78 is 6.58. The summed E-state index contributed by atoms with van der Waals surface area (Å²) in [5.41, 5.74) is 3.42. The Morgan fingerprint density at radius 3 is 2.57 bits per heavy atom. The van der Waals surface area contributed by atoms with Crippen LogP contribution in [0.3, 0.4) is 0 Å². The summed E-state index contributed by atoms with van der Waals surface area (Å²) in [5, 5.41) is 7.60. The molecule has 0 atom stereocenters. The molecule has 0 saturated carbocycles. The van der Waals surface area contributed by atoms with Crippen LogP contribution in [0.15, 0.2) is 30.3 Å². The number of esters is 1. The van der Waals surface area contributed by atoms with Gasteiger partial charge in [-0.05, 0) is 44.0 Å². The normalized spacial score (nSPS) is 10.9. The van der Waals surface area contributed by atoms with Crippen molar-refractivity contribution in [3.05, 3.63) is 57.9 Å². The highest BCUT2D eigenvalue weighted by Gasteiger charge is 2.22. The Labute approximate surface area is 167 Å². The quantitative estimate of drug-likeness (QED) is 0.654. The molecule has 3 rings (SSSR count). The van der Waals surface area contributed by atoms with Gasteiger partial charge in [0.1, 0.15) is 0 Å². The number of thiazole rings is 1. The van der Waals surface area contributed by atoms with Crippen molar-refractivity contribution in [2.24, 2.45) is 0 Å². The van der Waals surface area contributed by atoms with Crippen LogP contribution in [0.4, 0.5) is 5.13 Å². The molecular formula is C20H22N4O3S. The van der Waals surface area contributed by atoms with Crippen molar-refractivity contribution < 1.29 is 14.3 Å². The van der Waals surface area contributed by atoms with Gasteiger partial charge in [-0.25, -0.2) is 14.5 Å². The predicted molar refractivity (Wildman–Crippen MR) is 109 cm³/mol. The number of hydrogen-bond donors (Lipinski definition) is 1. The Balaban J connectivity index is 1.87. The standard InChI is InChI=1S/C20H22N4O3S/c1-11(2)17-16(19(26)27-5)21-20(28-17)22-18(25)14-7-6-8-15(10-14)24-13(4)9-12(3)23-24/h6-11H,1-5H3,(H,21,22,25). The molecule has 0 saturated heterocycles. The highest BCUT2D eigenvalue weighted by Crippen LogP contribution is 2.30. The van der Waals surface area contributed by atoms with Crippen LogP contribution >= 0.6 is 11.3 Å². The van der Waals surface area contributed by atoms with Crippen molar-refractivity contribution in [2.45, 2.75) is 33.6 Å². The third kappa shape index (κ3) is 3.96. The summed E-state index contributed by atoms with van der Waals surface area (Å²) in [6.45, 7) is 7.81. The van der Waals surface area contributed by atoms with Crippen LogP contribution in [0.1, 0.15) is 56.9 Å². The van der Waals surface area contributed by atoms with Crippen LogP contribution in [0, 0.1) is 13.8 Å². The van der Waals surface area contributed by atoms with E-state index in [1.165, 1.54) is 18.4 Å². The highest BCUT2D eigenvalue weighted by atomic mass is 32.1. The van der Waals surface area contributed by atoms with Crippen LogP contribution in [0.2, 0.25) is 0 Å². The van der Waals surface area contributed by atoms with Gasteiger partial charge in [0, 0.05) is 16.1 Å². The lowest BCUT2D eigenvalue weighted by molar-refractivity contribution is 0.0593. The number of aromatic nitrogens is 3. The molecule has 0 unspecified atom stereocenters. The monoisotopic (exact) mass is 398 g/mol. The van der Waals surface area contributed by atoms with Crippen molar-refractivity contribution >= 4 is 28.3 Å². The zero-order valence-electron chi connectivity index (χ0n) is 16.4. The second-order valence-electron chi connectivity index (χ2n) is 6.72. The van der Waals surface area contributed by atoms with Gasteiger partial charge >= 0.3 is 5.97 Å². The first-order valence-corrected chi connectivity index (χ1v) is 9.66. The molecule has 146 valence electrons. The Hall–Kier alpha value is -3.00. The van der Waals surface area contributed by atoms with E-state index < -0.39 is 5.97 Å². The van der Waals surface area contributed by atoms with Gasteiger partial charge in [0.15, 0.2) is 10.8 Å². The second kappa shape index (κ2) is 7.93. The first-order chi connectivity index (χ1) is 13.3. The molecule has 7 nitrogen and oxygen atoms in total. The molecule has 1 N–H and O–H groups in total. The SMILES string of the molecule is COC(=O)c1nc(NC(=O)c2cccc(-n3nc(C)cc3C)c2)sc1C(C)C. The van der Waals surface area contributed by atoms with Gasteiger partial charge < -0.3 is 4.74 Å². The average Bonchev–Trinajstić information content (AvgIpc) is 3.24. The number of rotatable bonds is 5. The van der Waals surface area contributed by atoms with Crippen LogP contribution < -0.4 is 5.32 Å². The number of nitrogens with one attached hydrogen (secondary N) is 1. The summed E-state index contributed by atoms with van der Waals surface area (Å²) >= 11 is 1.28. The number of benzene rings is 1.